The Balaban J connectivity index is 2.15. The van der Waals surface area contributed by atoms with Gasteiger partial charge < -0.3 is 15.2 Å². The van der Waals surface area contributed by atoms with Gasteiger partial charge in [0.1, 0.15) is 0 Å². The highest BCUT2D eigenvalue weighted by Crippen LogP contribution is 2.24. The van der Waals surface area contributed by atoms with Crippen molar-refractivity contribution in [1.29, 1.82) is 0 Å². The summed E-state index contributed by atoms with van der Waals surface area (Å²) in [5, 5.41) is 11.5. The fourth-order valence-corrected chi connectivity index (χ4v) is 2.31. The Morgan fingerprint density at radius 1 is 1.43 bits per heavy atom. The highest BCUT2D eigenvalue weighted by molar-refractivity contribution is 5.95. The van der Waals surface area contributed by atoms with E-state index in [-0.39, 0.29) is 24.2 Å². The Bertz CT molecular complexity index is 542. The molecule has 7 heteroatoms. The van der Waals surface area contributed by atoms with Crippen molar-refractivity contribution in [1.82, 2.24) is 5.32 Å². The molecular formula is C14H15F2NO4. The molecule has 2 rings (SSSR count). The maximum Gasteiger partial charge on any atom is 0.305 e. The van der Waals surface area contributed by atoms with Crippen LogP contribution in [0.4, 0.5) is 8.78 Å². The summed E-state index contributed by atoms with van der Waals surface area (Å²) >= 11 is 0. The molecule has 21 heavy (non-hydrogen) atoms. The Kier molecular flexibility index (Phi) is 4.52. The van der Waals surface area contributed by atoms with E-state index in [9.17, 15) is 18.4 Å². The van der Waals surface area contributed by atoms with Crippen molar-refractivity contribution in [3.05, 3.63) is 35.4 Å². The molecule has 114 valence electrons. The van der Waals surface area contributed by atoms with Gasteiger partial charge in [-0.15, -0.1) is 0 Å². The quantitative estimate of drug-likeness (QED) is 0.872. The third-order valence-electron chi connectivity index (χ3n) is 3.37. The second kappa shape index (κ2) is 6.17. The second-order valence-electron chi connectivity index (χ2n) is 5.03. The van der Waals surface area contributed by atoms with E-state index in [0.717, 1.165) is 6.07 Å². The van der Waals surface area contributed by atoms with Gasteiger partial charge in [0.15, 0.2) is 0 Å². The lowest BCUT2D eigenvalue weighted by molar-refractivity contribution is -0.138. The first-order valence-electron chi connectivity index (χ1n) is 6.42. The number of hydrogen-bond donors (Lipinski definition) is 2. The molecule has 1 aromatic carbocycles. The first kappa shape index (κ1) is 15.4. The van der Waals surface area contributed by atoms with Crippen LogP contribution in [0.25, 0.3) is 0 Å². The maximum atomic E-state index is 12.6. The van der Waals surface area contributed by atoms with E-state index in [4.69, 9.17) is 9.84 Å². The van der Waals surface area contributed by atoms with Crippen LogP contribution >= 0.6 is 0 Å². The van der Waals surface area contributed by atoms with Crippen LogP contribution in [0.3, 0.4) is 0 Å². The molecule has 1 saturated heterocycles. The number of amides is 1. The van der Waals surface area contributed by atoms with Gasteiger partial charge >= 0.3 is 5.97 Å². The number of nitrogens with one attached hydrogen (secondary N) is 1. The van der Waals surface area contributed by atoms with Crippen molar-refractivity contribution in [2.24, 2.45) is 0 Å². The molecule has 5 nitrogen and oxygen atoms in total. The van der Waals surface area contributed by atoms with Gasteiger partial charge in [0.05, 0.1) is 18.6 Å². The predicted octanol–water partition coefficient (Wildman–Crippen LogP) is 1.99. The van der Waals surface area contributed by atoms with Gasteiger partial charge in [-0.05, 0) is 18.6 Å². The van der Waals surface area contributed by atoms with Crippen LogP contribution in [-0.4, -0.2) is 35.7 Å². The van der Waals surface area contributed by atoms with Crippen molar-refractivity contribution in [3.63, 3.8) is 0 Å². The molecule has 0 aromatic heterocycles. The summed E-state index contributed by atoms with van der Waals surface area (Å²) in [6, 6.07) is 5.11. The Morgan fingerprint density at radius 3 is 2.76 bits per heavy atom. The van der Waals surface area contributed by atoms with Gasteiger partial charge in [-0.1, -0.05) is 12.1 Å². The van der Waals surface area contributed by atoms with Gasteiger partial charge in [0.25, 0.3) is 12.3 Å². The number of ether oxygens (including phenoxy) is 1. The zero-order valence-corrected chi connectivity index (χ0v) is 11.1. The number of carboxylic acids is 1. The molecule has 1 heterocycles. The van der Waals surface area contributed by atoms with Gasteiger partial charge in [0.2, 0.25) is 0 Å². The number of carbonyl (C=O) groups excluding carboxylic acids is 1. The summed E-state index contributed by atoms with van der Waals surface area (Å²) in [5.74, 6) is -1.63. The molecular weight excluding hydrogens is 284 g/mol. The number of carboxylic acid groups (broad SMARTS) is 1. The maximum absolute atomic E-state index is 12.6. The molecule has 1 fully saturated rings. The lowest BCUT2D eigenvalue weighted by Gasteiger charge is -2.27. The summed E-state index contributed by atoms with van der Waals surface area (Å²) in [7, 11) is 0. The van der Waals surface area contributed by atoms with Crippen LogP contribution in [0.2, 0.25) is 0 Å². The Hall–Kier alpha value is -2.02. The smallest absolute Gasteiger partial charge is 0.305 e. The van der Waals surface area contributed by atoms with Crippen LogP contribution in [-0.2, 0) is 9.53 Å². The molecule has 0 radical (unpaired) electrons. The highest BCUT2D eigenvalue weighted by atomic mass is 19.3. The second-order valence-corrected chi connectivity index (χ2v) is 5.03. The zero-order valence-electron chi connectivity index (χ0n) is 11.1. The van der Waals surface area contributed by atoms with Crippen molar-refractivity contribution in [2.45, 2.75) is 24.8 Å². The van der Waals surface area contributed by atoms with Crippen molar-refractivity contribution < 1.29 is 28.2 Å². The molecule has 2 N–H and O–H groups in total. The molecule has 1 aliphatic rings. The monoisotopic (exact) mass is 299 g/mol. The van der Waals surface area contributed by atoms with E-state index in [2.05, 4.69) is 5.32 Å². The van der Waals surface area contributed by atoms with Gasteiger partial charge in [-0.2, -0.15) is 0 Å². The summed E-state index contributed by atoms with van der Waals surface area (Å²) < 4.78 is 30.4. The van der Waals surface area contributed by atoms with E-state index in [1.165, 1.54) is 18.2 Å². The number of carbonyl (C=O) groups is 2. The first-order valence-corrected chi connectivity index (χ1v) is 6.42. The molecule has 0 bridgehead atoms. The van der Waals surface area contributed by atoms with E-state index < -0.39 is 23.8 Å². The number of rotatable bonds is 5. The standard InChI is InChI=1S/C14H15F2NO4/c15-12(16)9-2-1-3-10(6-9)13(20)17-14(7-11(18)19)4-5-21-8-14/h1-3,6,12H,4-5,7-8H2,(H,17,20)(H,18,19). The van der Waals surface area contributed by atoms with E-state index in [0.29, 0.717) is 13.0 Å². The van der Waals surface area contributed by atoms with Crippen LogP contribution in [0.15, 0.2) is 24.3 Å². The van der Waals surface area contributed by atoms with E-state index >= 15 is 0 Å². The average Bonchev–Trinajstić information content (AvgIpc) is 2.86. The number of aliphatic carboxylic acids is 1. The van der Waals surface area contributed by atoms with Crippen molar-refractivity contribution >= 4 is 11.9 Å². The Labute approximate surface area is 119 Å². The third kappa shape index (κ3) is 3.75. The van der Waals surface area contributed by atoms with Crippen LogP contribution in [0.5, 0.6) is 0 Å². The van der Waals surface area contributed by atoms with Crippen LogP contribution in [0.1, 0.15) is 35.2 Å². The van der Waals surface area contributed by atoms with Crippen LogP contribution in [0, 0.1) is 0 Å². The van der Waals surface area contributed by atoms with Gasteiger partial charge in [-0.3, -0.25) is 9.59 Å². The number of benzene rings is 1. The first-order chi connectivity index (χ1) is 9.92. The number of alkyl halides is 2. The molecule has 0 saturated carbocycles. The lowest BCUT2D eigenvalue weighted by Crippen LogP contribution is -2.50. The van der Waals surface area contributed by atoms with Crippen molar-refractivity contribution in [2.75, 3.05) is 13.2 Å². The average molecular weight is 299 g/mol. The number of halogens is 2. The van der Waals surface area contributed by atoms with E-state index in [1.54, 1.807) is 0 Å². The molecule has 1 amide bonds. The molecule has 1 aliphatic heterocycles. The number of hydrogen-bond acceptors (Lipinski definition) is 3. The summed E-state index contributed by atoms with van der Waals surface area (Å²) in [4.78, 5) is 23.1. The fourth-order valence-electron chi connectivity index (χ4n) is 2.31. The predicted molar refractivity (Wildman–Crippen MR) is 69.3 cm³/mol. The molecule has 0 aliphatic carbocycles. The molecule has 1 unspecified atom stereocenters. The van der Waals surface area contributed by atoms with E-state index in [1.807, 2.05) is 0 Å². The minimum absolute atomic E-state index is 0.0736. The minimum Gasteiger partial charge on any atom is -0.481 e. The normalized spacial score (nSPS) is 21.5. The molecule has 1 atom stereocenters. The zero-order chi connectivity index (χ0) is 15.5. The topological polar surface area (TPSA) is 75.6 Å². The summed E-state index contributed by atoms with van der Waals surface area (Å²) in [5.41, 5.74) is -1.16. The summed E-state index contributed by atoms with van der Waals surface area (Å²) in [6.45, 7) is 0.449. The highest BCUT2D eigenvalue weighted by Gasteiger charge is 2.38. The third-order valence-corrected chi connectivity index (χ3v) is 3.37. The Morgan fingerprint density at radius 2 is 2.19 bits per heavy atom. The fraction of sp³-hybridized carbons (Fsp3) is 0.429. The molecule has 0 spiro atoms. The largest absolute Gasteiger partial charge is 0.481 e. The molecule has 1 aromatic rings. The van der Waals surface area contributed by atoms with Crippen molar-refractivity contribution in [3.8, 4) is 0 Å². The summed E-state index contributed by atoms with van der Waals surface area (Å²) in [6.07, 6.45) is -2.56. The lowest BCUT2D eigenvalue weighted by atomic mass is 9.93. The van der Waals surface area contributed by atoms with Crippen LogP contribution < -0.4 is 5.32 Å². The SMILES string of the molecule is O=C(O)CC1(NC(=O)c2cccc(C(F)F)c2)CCOC1. The minimum atomic E-state index is -2.67. The van der Waals surface area contributed by atoms with Gasteiger partial charge in [0, 0.05) is 17.7 Å². The van der Waals surface area contributed by atoms with Gasteiger partial charge in [-0.25, -0.2) is 8.78 Å².